The molecule has 68 valence electrons. The van der Waals surface area contributed by atoms with Gasteiger partial charge in [-0.25, -0.2) is 0 Å². The van der Waals surface area contributed by atoms with E-state index >= 15 is 0 Å². The topological polar surface area (TPSA) is 29.1 Å². The summed E-state index contributed by atoms with van der Waals surface area (Å²) >= 11 is 0. The van der Waals surface area contributed by atoms with E-state index in [1.807, 2.05) is 19.9 Å². The molecule has 0 aromatic heterocycles. The molecule has 0 aromatic rings. The first kappa shape index (κ1) is 9.30. The zero-order valence-corrected chi connectivity index (χ0v) is 8.11. The van der Waals surface area contributed by atoms with Gasteiger partial charge >= 0.3 is 0 Å². The minimum Gasteiger partial charge on any atom is -0.347 e. The van der Waals surface area contributed by atoms with Crippen LogP contribution in [0, 0.1) is 0 Å². The third-order valence-electron chi connectivity index (χ3n) is 2.43. The minimum absolute atomic E-state index is 0.0620. The van der Waals surface area contributed by atoms with E-state index in [1.54, 1.807) is 0 Å². The normalized spacial score (nSPS) is 16.4. The summed E-state index contributed by atoms with van der Waals surface area (Å²) in [5.74, 6) is 0.119. The molecule has 1 rings (SSSR count). The number of amides is 1. The summed E-state index contributed by atoms with van der Waals surface area (Å²) in [5, 5.41) is 3.00. The first-order chi connectivity index (χ1) is 5.55. The molecular weight excluding hydrogens is 150 g/mol. The predicted octanol–water partition coefficient (Wildman–Crippen LogP) is 2.01. The van der Waals surface area contributed by atoms with Gasteiger partial charge in [0.05, 0.1) is 0 Å². The highest BCUT2D eigenvalue weighted by atomic mass is 16.1. The molecule has 2 nitrogen and oxygen atoms in total. The lowest BCUT2D eigenvalue weighted by Gasteiger charge is -2.26. The highest BCUT2D eigenvalue weighted by molar-refractivity contribution is 5.95. The number of rotatable bonds is 3. The van der Waals surface area contributed by atoms with Crippen LogP contribution < -0.4 is 5.32 Å². The van der Waals surface area contributed by atoms with Crippen molar-refractivity contribution in [1.82, 2.24) is 5.32 Å². The lowest BCUT2D eigenvalue weighted by molar-refractivity contribution is -0.119. The second kappa shape index (κ2) is 3.30. The fourth-order valence-electron chi connectivity index (χ4n) is 0.971. The highest BCUT2D eigenvalue weighted by Gasteiger charge is 2.21. The Morgan fingerprint density at radius 3 is 2.58 bits per heavy atom. The second-order valence-electron chi connectivity index (χ2n) is 3.96. The summed E-state index contributed by atoms with van der Waals surface area (Å²) in [5.41, 5.74) is 0.893. The highest BCUT2D eigenvalue weighted by Crippen LogP contribution is 2.19. The molecule has 0 aromatic carbocycles. The average Bonchev–Trinajstić information content (AvgIpc) is 1.82. The van der Waals surface area contributed by atoms with Gasteiger partial charge in [-0.05, 0) is 33.1 Å². The minimum atomic E-state index is -0.0620. The van der Waals surface area contributed by atoms with Crippen molar-refractivity contribution in [2.24, 2.45) is 0 Å². The molecule has 0 bridgehead atoms. The third-order valence-corrected chi connectivity index (χ3v) is 2.43. The van der Waals surface area contributed by atoms with Gasteiger partial charge in [0.25, 0.3) is 0 Å². The van der Waals surface area contributed by atoms with Gasteiger partial charge in [0.15, 0.2) is 0 Å². The molecule has 0 atom stereocenters. The van der Waals surface area contributed by atoms with Crippen molar-refractivity contribution >= 4 is 5.91 Å². The summed E-state index contributed by atoms with van der Waals surface area (Å²) in [7, 11) is 0. The summed E-state index contributed by atoms with van der Waals surface area (Å²) in [6.07, 6.45) is 4.98. The van der Waals surface area contributed by atoms with E-state index in [2.05, 4.69) is 12.2 Å². The van der Waals surface area contributed by atoms with Crippen molar-refractivity contribution in [2.45, 2.75) is 45.6 Å². The smallest absolute Gasteiger partial charge is 0.247 e. The molecular formula is C10H17NO. The van der Waals surface area contributed by atoms with Crippen molar-refractivity contribution in [3.8, 4) is 0 Å². The fraction of sp³-hybridized carbons (Fsp3) is 0.700. The summed E-state index contributed by atoms with van der Waals surface area (Å²) in [6, 6.07) is 0. The van der Waals surface area contributed by atoms with Gasteiger partial charge in [-0.2, -0.15) is 0 Å². The molecule has 0 unspecified atom stereocenters. The molecule has 0 radical (unpaired) electrons. The van der Waals surface area contributed by atoms with Gasteiger partial charge < -0.3 is 5.32 Å². The third kappa shape index (κ3) is 2.10. The zero-order valence-electron chi connectivity index (χ0n) is 8.11. The maximum absolute atomic E-state index is 11.4. The van der Waals surface area contributed by atoms with Crippen LogP contribution in [-0.4, -0.2) is 11.4 Å². The van der Waals surface area contributed by atoms with E-state index in [0.717, 1.165) is 24.8 Å². The summed E-state index contributed by atoms with van der Waals surface area (Å²) in [4.78, 5) is 11.4. The Balaban J connectivity index is 2.45. The lowest BCUT2D eigenvalue weighted by Crippen LogP contribution is -2.44. The number of hydrogen-bond donors (Lipinski definition) is 1. The van der Waals surface area contributed by atoms with E-state index < -0.39 is 0 Å². The van der Waals surface area contributed by atoms with Gasteiger partial charge in [-0.15, -0.1) is 0 Å². The van der Waals surface area contributed by atoms with Crippen LogP contribution in [0.5, 0.6) is 0 Å². The molecule has 12 heavy (non-hydrogen) atoms. The molecule has 2 heteroatoms. The Hall–Kier alpha value is -0.790. The van der Waals surface area contributed by atoms with Crippen LogP contribution in [0.1, 0.15) is 40.0 Å². The van der Waals surface area contributed by atoms with E-state index in [1.165, 1.54) is 0 Å². The van der Waals surface area contributed by atoms with E-state index in [0.29, 0.717) is 0 Å². The van der Waals surface area contributed by atoms with Crippen molar-refractivity contribution in [3.63, 3.8) is 0 Å². The number of allylic oxidation sites excluding steroid dienone is 1. The van der Waals surface area contributed by atoms with Crippen molar-refractivity contribution < 1.29 is 4.79 Å². The Kier molecular flexibility index (Phi) is 2.55. The van der Waals surface area contributed by atoms with Gasteiger partial charge in [0.1, 0.15) is 0 Å². The molecule has 0 heterocycles. The van der Waals surface area contributed by atoms with Crippen molar-refractivity contribution in [1.29, 1.82) is 0 Å². The Morgan fingerprint density at radius 2 is 2.25 bits per heavy atom. The molecule has 0 fully saturated rings. The molecule has 1 N–H and O–H groups in total. The Bertz CT molecular complexity index is 216. The number of carbonyl (C=O) groups is 1. The Labute approximate surface area is 74.0 Å². The molecule has 1 aliphatic rings. The summed E-state index contributed by atoms with van der Waals surface area (Å²) < 4.78 is 0. The first-order valence-electron chi connectivity index (χ1n) is 4.57. The van der Waals surface area contributed by atoms with E-state index in [9.17, 15) is 4.79 Å². The predicted molar refractivity (Wildman–Crippen MR) is 49.8 cm³/mol. The number of hydrogen-bond acceptors (Lipinski definition) is 1. The van der Waals surface area contributed by atoms with Gasteiger partial charge in [-0.1, -0.05) is 13.0 Å². The average molecular weight is 167 g/mol. The van der Waals surface area contributed by atoms with Crippen LogP contribution >= 0.6 is 0 Å². The van der Waals surface area contributed by atoms with Crippen molar-refractivity contribution in [3.05, 3.63) is 11.6 Å². The van der Waals surface area contributed by atoms with Crippen molar-refractivity contribution in [2.75, 3.05) is 0 Å². The first-order valence-corrected chi connectivity index (χ1v) is 4.57. The fourth-order valence-corrected chi connectivity index (χ4v) is 0.971. The Morgan fingerprint density at radius 1 is 1.67 bits per heavy atom. The van der Waals surface area contributed by atoms with Crippen LogP contribution in [0.15, 0.2) is 11.6 Å². The maximum atomic E-state index is 11.4. The summed E-state index contributed by atoms with van der Waals surface area (Å²) in [6.45, 7) is 6.17. The molecule has 1 aliphatic carbocycles. The SMILES string of the molecule is CCC(C)(C)NC(=O)C1=CCC1. The molecule has 0 aliphatic heterocycles. The van der Waals surface area contributed by atoms with Gasteiger partial charge in [0, 0.05) is 11.1 Å². The molecule has 1 amide bonds. The quantitative estimate of drug-likeness (QED) is 0.684. The largest absolute Gasteiger partial charge is 0.347 e. The van der Waals surface area contributed by atoms with Crippen LogP contribution in [0.25, 0.3) is 0 Å². The molecule has 0 saturated carbocycles. The van der Waals surface area contributed by atoms with Gasteiger partial charge in [0.2, 0.25) is 5.91 Å². The monoisotopic (exact) mass is 167 g/mol. The lowest BCUT2D eigenvalue weighted by atomic mass is 9.95. The van der Waals surface area contributed by atoms with Crippen LogP contribution in [-0.2, 0) is 4.79 Å². The van der Waals surface area contributed by atoms with Crippen LogP contribution in [0.2, 0.25) is 0 Å². The standard InChI is InChI=1S/C10H17NO/c1-4-10(2,3)11-9(12)8-6-5-7-8/h6H,4-5,7H2,1-3H3,(H,11,12). The number of carbonyl (C=O) groups excluding carboxylic acids is 1. The molecule has 0 spiro atoms. The zero-order chi connectivity index (χ0) is 9.19. The van der Waals surface area contributed by atoms with Crippen LogP contribution in [0.4, 0.5) is 0 Å². The molecule has 0 saturated heterocycles. The maximum Gasteiger partial charge on any atom is 0.247 e. The number of nitrogens with one attached hydrogen (secondary N) is 1. The van der Waals surface area contributed by atoms with E-state index in [4.69, 9.17) is 0 Å². The second-order valence-corrected chi connectivity index (χ2v) is 3.96. The van der Waals surface area contributed by atoms with E-state index in [-0.39, 0.29) is 11.4 Å². The van der Waals surface area contributed by atoms with Gasteiger partial charge in [-0.3, -0.25) is 4.79 Å². The van der Waals surface area contributed by atoms with Crippen LogP contribution in [0.3, 0.4) is 0 Å².